The lowest BCUT2D eigenvalue weighted by molar-refractivity contribution is 0.0788. The van der Waals surface area contributed by atoms with Gasteiger partial charge in [-0.1, -0.05) is 17.7 Å². The van der Waals surface area contributed by atoms with Crippen molar-refractivity contribution < 1.29 is 4.79 Å². The molecule has 0 spiro atoms. The second kappa shape index (κ2) is 5.59. The SMILES string of the molecule is O=C(c1cccc(Br)c1Cl)N1CCC(CCl)C1. The van der Waals surface area contributed by atoms with E-state index in [0.29, 0.717) is 22.4 Å². The molecule has 2 rings (SSSR count). The predicted octanol–water partition coefficient (Wildman–Crippen LogP) is 3.80. The van der Waals surface area contributed by atoms with E-state index < -0.39 is 0 Å². The normalized spacial score (nSPS) is 19.7. The molecule has 1 unspecified atom stereocenters. The number of hydrogen-bond donors (Lipinski definition) is 0. The number of halogens is 3. The first-order chi connectivity index (χ1) is 8.13. The largest absolute Gasteiger partial charge is 0.338 e. The first-order valence-corrected chi connectivity index (χ1v) is 7.13. The number of hydrogen-bond acceptors (Lipinski definition) is 1. The minimum atomic E-state index is -0.0103. The van der Waals surface area contributed by atoms with E-state index in [1.54, 1.807) is 6.07 Å². The lowest BCUT2D eigenvalue weighted by Gasteiger charge is -2.17. The highest BCUT2D eigenvalue weighted by Gasteiger charge is 2.27. The summed E-state index contributed by atoms with van der Waals surface area (Å²) in [4.78, 5) is 14.1. The number of benzene rings is 1. The molecule has 1 fully saturated rings. The Balaban J connectivity index is 2.18. The van der Waals surface area contributed by atoms with Crippen LogP contribution in [0, 0.1) is 5.92 Å². The Bertz CT molecular complexity index is 439. The molecule has 1 aromatic rings. The van der Waals surface area contributed by atoms with Crippen molar-refractivity contribution >= 4 is 45.0 Å². The third kappa shape index (κ3) is 2.78. The molecule has 0 aliphatic carbocycles. The van der Waals surface area contributed by atoms with Gasteiger partial charge in [-0.05, 0) is 40.4 Å². The highest BCUT2D eigenvalue weighted by atomic mass is 79.9. The Morgan fingerprint density at radius 3 is 2.94 bits per heavy atom. The van der Waals surface area contributed by atoms with Crippen LogP contribution in [-0.2, 0) is 0 Å². The van der Waals surface area contributed by atoms with Crippen molar-refractivity contribution in [3.8, 4) is 0 Å². The maximum Gasteiger partial charge on any atom is 0.255 e. The van der Waals surface area contributed by atoms with Gasteiger partial charge in [0.15, 0.2) is 0 Å². The van der Waals surface area contributed by atoms with Gasteiger partial charge in [-0.15, -0.1) is 11.6 Å². The molecule has 1 saturated heterocycles. The topological polar surface area (TPSA) is 20.3 Å². The summed E-state index contributed by atoms with van der Waals surface area (Å²) in [5.74, 6) is 1.01. The summed E-state index contributed by atoms with van der Waals surface area (Å²) < 4.78 is 0.748. The van der Waals surface area contributed by atoms with Gasteiger partial charge in [0.05, 0.1) is 10.6 Å². The van der Waals surface area contributed by atoms with Gasteiger partial charge in [0, 0.05) is 23.4 Å². The van der Waals surface area contributed by atoms with Gasteiger partial charge in [-0.2, -0.15) is 0 Å². The zero-order chi connectivity index (χ0) is 12.4. The van der Waals surface area contributed by atoms with Crippen LogP contribution in [0.5, 0.6) is 0 Å². The summed E-state index contributed by atoms with van der Waals surface area (Å²) in [6.07, 6.45) is 0.973. The zero-order valence-electron chi connectivity index (χ0n) is 9.13. The molecule has 1 aliphatic heterocycles. The monoisotopic (exact) mass is 335 g/mol. The molecule has 0 N–H and O–H groups in total. The molecule has 1 atom stereocenters. The van der Waals surface area contributed by atoms with Crippen LogP contribution in [0.2, 0.25) is 5.02 Å². The van der Waals surface area contributed by atoms with E-state index in [0.717, 1.165) is 24.0 Å². The summed E-state index contributed by atoms with van der Waals surface area (Å²) in [6, 6.07) is 5.40. The number of carbonyl (C=O) groups is 1. The van der Waals surface area contributed by atoms with E-state index in [1.807, 2.05) is 17.0 Å². The molecular formula is C12H12BrCl2NO. The van der Waals surface area contributed by atoms with Crippen LogP contribution in [0.15, 0.2) is 22.7 Å². The van der Waals surface area contributed by atoms with Crippen molar-refractivity contribution in [2.75, 3.05) is 19.0 Å². The van der Waals surface area contributed by atoms with Gasteiger partial charge in [0.1, 0.15) is 0 Å². The second-order valence-corrected chi connectivity index (χ2v) is 5.70. The minimum absolute atomic E-state index is 0.0103. The highest BCUT2D eigenvalue weighted by molar-refractivity contribution is 9.10. The molecule has 1 amide bonds. The number of rotatable bonds is 2. The van der Waals surface area contributed by atoms with Crippen LogP contribution in [-0.4, -0.2) is 29.8 Å². The van der Waals surface area contributed by atoms with Gasteiger partial charge in [-0.25, -0.2) is 0 Å². The quantitative estimate of drug-likeness (QED) is 0.752. The Kier molecular flexibility index (Phi) is 4.34. The van der Waals surface area contributed by atoms with Crippen LogP contribution >= 0.6 is 39.1 Å². The number of alkyl halides is 1. The molecule has 0 bridgehead atoms. The van der Waals surface area contributed by atoms with Gasteiger partial charge < -0.3 is 4.90 Å². The zero-order valence-corrected chi connectivity index (χ0v) is 12.2. The summed E-state index contributed by atoms with van der Waals surface area (Å²) in [5.41, 5.74) is 0.552. The molecular weight excluding hydrogens is 325 g/mol. The van der Waals surface area contributed by atoms with Gasteiger partial charge in [0.25, 0.3) is 5.91 Å². The average molecular weight is 337 g/mol. The maximum absolute atomic E-state index is 12.3. The molecule has 5 heteroatoms. The van der Waals surface area contributed by atoms with Gasteiger partial charge >= 0.3 is 0 Å². The van der Waals surface area contributed by atoms with E-state index in [-0.39, 0.29) is 5.91 Å². The number of carbonyl (C=O) groups excluding carboxylic acids is 1. The fraction of sp³-hybridized carbons (Fsp3) is 0.417. The predicted molar refractivity (Wildman–Crippen MR) is 73.9 cm³/mol. The number of nitrogens with zero attached hydrogens (tertiary/aromatic N) is 1. The summed E-state index contributed by atoms with van der Waals surface area (Å²) >= 11 is 15.2. The minimum Gasteiger partial charge on any atom is -0.338 e. The Morgan fingerprint density at radius 2 is 2.29 bits per heavy atom. The Morgan fingerprint density at radius 1 is 1.53 bits per heavy atom. The lowest BCUT2D eigenvalue weighted by Crippen LogP contribution is -2.29. The van der Waals surface area contributed by atoms with Crippen LogP contribution in [0.3, 0.4) is 0 Å². The van der Waals surface area contributed by atoms with Crippen LogP contribution in [0.25, 0.3) is 0 Å². The third-order valence-electron chi connectivity index (χ3n) is 2.97. The first kappa shape index (κ1) is 13.2. The fourth-order valence-corrected chi connectivity index (χ4v) is 2.81. The van der Waals surface area contributed by atoms with E-state index in [1.165, 1.54) is 0 Å². The summed E-state index contributed by atoms with van der Waals surface area (Å²) in [5, 5.41) is 0.479. The van der Waals surface area contributed by atoms with Crippen molar-refractivity contribution in [2.24, 2.45) is 5.92 Å². The van der Waals surface area contributed by atoms with Crippen molar-refractivity contribution in [1.29, 1.82) is 0 Å². The van der Waals surface area contributed by atoms with Crippen LogP contribution in [0.4, 0.5) is 0 Å². The van der Waals surface area contributed by atoms with Gasteiger partial charge in [-0.3, -0.25) is 4.79 Å². The molecule has 0 aromatic heterocycles. The van der Waals surface area contributed by atoms with E-state index >= 15 is 0 Å². The molecule has 0 saturated carbocycles. The smallest absolute Gasteiger partial charge is 0.255 e. The first-order valence-electron chi connectivity index (χ1n) is 5.42. The second-order valence-electron chi connectivity index (χ2n) is 4.16. The molecule has 2 nitrogen and oxygen atoms in total. The summed E-state index contributed by atoms with van der Waals surface area (Å²) in [7, 11) is 0. The standard InChI is InChI=1S/C12H12BrCl2NO/c13-10-3-1-2-9(11(10)15)12(17)16-5-4-8(6-14)7-16/h1-3,8H,4-7H2. The van der Waals surface area contributed by atoms with Crippen molar-refractivity contribution in [1.82, 2.24) is 4.90 Å². The van der Waals surface area contributed by atoms with Crippen LogP contribution < -0.4 is 0 Å². The van der Waals surface area contributed by atoms with E-state index in [9.17, 15) is 4.79 Å². The Hall–Kier alpha value is -0.250. The maximum atomic E-state index is 12.3. The molecule has 92 valence electrons. The fourth-order valence-electron chi connectivity index (χ4n) is 1.98. The van der Waals surface area contributed by atoms with Crippen molar-refractivity contribution in [2.45, 2.75) is 6.42 Å². The van der Waals surface area contributed by atoms with E-state index in [4.69, 9.17) is 23.2 Å². The van der Waals surface area contributed by atoms with E-state index in [2.05, 4.69) is 15.9 Å². The van der Waals surface area contributed by atoms with Crippen molar-refractivity contribution in [3.63, 3.8) is 0 Å². The third-order valence-corrected chi connectivity index (χ3v) is 4.71. The summed E-state index contributed by atoms with van der Waals surface area (Å²) in [6.45, 7) is 1.49. The number of amides is 1. The Labute approximate surface area is 119 Å². The molecule has 0 radical (unpaired) electrons. The molecule has 1 heterocycles. The van der Waals surface area contributed by atoms with Crippen LogP contribution in [0.1, 0.15) is 16.8 Å². The number of likely N-dealkylation sites (tertiary alicyclic amines) is 1. The van der Waals surface area contributed by atoms with Gasteiger partial charge in [0.2, 0.25) is 0 Å². The average Bonchev–Trinajstić information content (AvgIpc) is 2.80. The van der Waals surface area contributed by atoms with Crippen molar-refractivity contribution in [3.05, 3.63) is 33.3 Å². The molecule has 17 heavy (non-hydrogen) atoms. The lowest BCUT2D eigenvalue weighted by atomic mass is 10.1. The highest BCUT2D eigenvalue weighted by Crippen LogP contribution is 2.28. The molecule has 1 aromatic carbocycles. The molecule has 1 aliphatic rings.